The van der Waals surface area contributed by atoms with Crippen molar-refractivity contribution in [2.75, 3.05) is 0 Å². The second-order valence-corrected chi connectivity index (χ2v) is 9.95. The predicted octanol–water partition coefficient (Wildman–Crippen LogP) is 9.58. The topological polar surface area (TPSA) is 52.1 Å². The summed E-state index contributed by atoms with van der Waals surface area (Å²) in [5.74, 6) is 0.691. The SMILES string of the molecule is Cc1ccc(-c2nc(-c3ccc4oc5ccccc5c4c3)cc(-c3ccc4oc5ccccc5c4c3)n2)cc1. The maximum Gasteiger partial charge on any atom is 0.160 e. The van der Waals surface area contributed by atoms with Crippen molar-refractivity contribution in [3.63, 3.8) is 0 Å². The Morgan fingerprint density at radius 3 is 1.44 bits per heavy atom. The Morgan fingerprint density at radius 1 is 0.436 bits per heavy atom. The Kier molecular flexibility index (Phi) is 4.70. The van der Waals surface area contributed by atoms with E-state index in [1.165, 1.54) is 5.56 Å². The molecule has 0 saturated carbocycles. The molecule has 0 aliphatic heterocycles. The maximum absolute atomic E-state index is 6.07. The molecule has 4 nitrogen and oxygen atoms in total. The van der Waals surface area contributed by atoms with Crippen molar-refractivity contribution in [2.24, 2.45) is 0 Å². The standard InChI is InChI=1S/C35H22N2O2/c1-21-10-12-22(13-11-21)35-36-29(23-14-16-33-27(18-23)25-6-2-4-8-31(25)38-33)20-30(37-35)24-15-17-34-28(19-24)26-7-3-5-9-32(26)39-34/h2-20H,1H3. The van der Waals surface area contributed by atoms with E-state index in [0.29, 0.717) is 5.82 Å². The van der Waals surface area contributed by atoms with Gasteiger partial charge in [-0.1, -0.05) is 66.2 Å². The molecule has 8 aromatic rings. The number of benzene rings is 5. The van der Waals surface area contributed by atoms with Crippen LogP contribution >= 0.6 is 0 Å². The Balaban J connectivity index is 1.35. The van der Waals surface area contributed by atoms with Crippen LogP contribution in [0, 0.1) is 6.92 Å². The van der Waals surface area contributed by atoms with Crippen molar-refractivity contribution in [2.45, 2.75) is 6.92 Å². The fourth-order valence-corrected chi connectivity index (χ4v) is 5.35. The molecule has 0 radical (unpaired) electrons. The summed E-state index contributed by atoms with van der Waals surface area (Å²) in [4.78, 5) is 10.1. The van der Waals surface area contributed by atoms with Gasteiger partial charge < -0.3 is 8.83 Å². The van der Waals surface area contributed by atoms with Crippen LogP contribution in [0.15, 0.2) is 124 Å². The number of hydrogen-bond donors (Lipinski definition) is 0. The first-order chi connectivity index (χ1) is 19.2. The van der Waals surface area contributed by atoms with Gasteiger partial charge in [-0.3, -0.25) is 0 Å². The highest BCUT2D eigenvalue weighted by Crippen LogP contribution is 2.36. The van der Waals surface area contributed by atoms with E-state index in [0.717, 1.165) is 72.0 Å². The molecule has 0 saturated heterocycles. The summed E-state index contributed by atoms with van der Waals surface area (Å²) >= 11 is 0. The van der Waals surface area contributed by atoms with E-state index in [-0.39, 0.29) is 0 Å². The summed E-state index contributed by atoms with van der Waals surface area (Å²) in [7, 11) is 0. The third-order valence-corrected chi connectivity index (χ3v) is 7.38. The average Bonchev–Trinajstić information content (AvgIpc) is 3.55. The van der Waals surface area contributed by atoms with E-state index in [4.69, 9.17) is 18.8 Å². The van der Waals surface area contributed by atoms with Crippen molar-refractivity contribution in [3.8, 4) is 33.9 Å². The van der Waals surface area contributed by atoms with Crippen molar-refractivity contribution >= 4 is 43.9 Å². The molecule has 0 bridgehead atoms. The molecule has 0 unspecified atom stereocenters. The van der Waals surface area contributed by atoms with Gasteiger partial charge >= 0.3 is 0 Å². The zero-order chi connectivity index (χ0) is 25.9. The number of rotatable bonds is 3. The third kappa shape index (κ3) is 3.61. The Bertz CT molecular complexity index is 2050. The van der Waals surface area contributed by atoms with Crippen molar-refractivity contribution in [1.82, 2.24) is 9.97 Å². The molecule has 0 fully saturated rings. The summed E-state index contributed by atoms with van der Waals surface area (Å²) in [6.45, 7) is 2.08. The zero-order valence-corrected chi connectivity index (χ0v) is 21.2. The minimum atomic E-state index is 0.691. The number of aryl methyl sites for hydroxylation is 1. The summed E-state index contributed by atoms with van der Waals surface area (Å²) in [5, 5.41) is 4.34. The van der Waals surface area contributed by atoms with Gasteiger partial charge in [-0.2, -0.15) is 0 Å². The van der Waals surface area contributed by atoms with E-state index < -0.39 is 0 Å². The van der Waals surface area contributed by atoms with Gasteiger partial charge in [0.25, 0.3) is 0 Å². The first-order valence-corrected chi connectivity index (χ1v) is 13.0. The third-order valence-electron chi connectivity index (χ3n) is 7.38. The molecule has 0 aliphatic carbocycles. The second-order valence-electron chi connectivity index (χ2n) is 9.95. The predicted molar refractivity (Wildman–Crippen MR) is 158 cm³/mol. The van der Waals surface area contributed by atoms with Crippen LogP contribution in [-0.2, 0) is 0 Å². The van der Waals surface area contributed by atoms with Crippen LogP contribution < -0.4 is 0 Å². The molecule has 0 aliphatic rings. The molecule has 184 valence electrons. The fourth-order valence-electron chi connectivity index (χ4n) is 5.35. The minimum absolute atomic E-state index is 0.691. The molecule has 0 atom stereocenters. The lowest BCUT2D eigenvalue weighted by molar-refractivity contribution is 0.668. The van der Waals surface area contributed by atoms with Crippen LogP contribution in [0.2, 0.25) is 0 Å². The molecule has 39 heavy (non-hydrogen) atoms. The summed E-state index contributed by atoms with van der Waals surface area (Å²) < 4.78 is 12.1. The van der Waals surface area contributed by atoms with E-state index in [1.54, 1.807) is 0 Å². The molecule has 0 amide bonds. The summed E-state index contributed by atoms with van der Waals surface area (Å²) in [6, 6.07) is 39.2. The van der Waals surface area contributed by atoms with Crippen LogP contribution in [0.5, 0.6) is 0 Å². The highest BCUT2D eigenvalue weighted by atomic mass is 16.3. The van der Waals surface area contributed by atoms with Crippen LogP contribution in [-0.4, -0.2) is 9.97 Å². The van der Waals surface area contributed by atoms with Crippen molar-refractivity contribution in [3.05, 3.63) is 121 Å². The van der Waals surface area contributed by atoms with E-state index in [9.17, 15) is 0 Å². The lowest BCUT2D eigenvalue weighted by Crippen LogP contribution is -1.96. The highest BCUT2D eigenvalue weighted by Gasteiger charge is 2.15. The minimum Gasteiger partial charge on any atom is -0.456 e. The molecular formula is C35H22N2O2. The lowest BCUT2D eigenvalue weighted by atomic mass is 10.0. The summed E-state index contributed by atoms with van der Waals surface area (Å²) in [6.07, 6.45) is 0. The largest absolute Gasteiger partial charge is 0.456 e. The van der Waals surface area contributed by atoms with Gasteiger partial charge in [-0.15, -0.1) is 0 Å². The van der Waals surface area contributed by atoms with Gasteiger partial charge in [0.05, 0.1) is 11.4 Å². The van der Waals surface area contributed by atoms with Crippen LogP contribution in [0.1, 0.15) is 5.56 Å². The number of furan rings is 2. The number of nitrogens with zero attached hydrogens (tertiary/aromatic N) is 2. The smallest absolute Gasteiger partial charge is 0.160 e. The summed E-state index contributed by atoms with van der Waals surface area (Å²) in [5.41, 5.74) is 9.43. The fraction of sp³-hybridized carbons (Fsp3) is 0.0286. The molecular weight excluding hydrogens is 480 g/mol. The average molecular weight is 503 g/mol. The Labute approximate surface area is 224 Å². The van der Waals surface area contributed by atoms with Gasteiger partial charge in [0, 0.05) is 38.2 Å². The van der Waals surface area contributed by atoms with Gasteiger partial charge in [0.2, 0.25) is 0 Å². The number of fused-ring (bicyclic) bond motifs is 6. The Hall–Kier alpha value is -5.22. The normalized spacial score (nSPS) is 11.7. The van der Waals surface area contributed by atoms with Gasteiger partial charge in [0.1, 0.15) is 22.3 Å². The molecule has 4 heteroatoms. The molecule has 0 N–H and O–H groups in total. The van der Waals surface area contributed by atoms with Crippen molar-refractivity contribution in [1.29, 1.82) is 0 Å². The second kappa shape index (κ2) is 8.40. The van der Waals surface area contributed by atoms with E-state index in [2.05, 4.69) is 73.7 Å². The van der Waals surface area contributed by atoms with Crippen LogP contribution in [0.3, 0.4) is 0 Å². The van der Waals surface area contributed by atoms with Crippen molar-refractivity contribution < 1.29 is 8.83 Å². The molecule has 3 heterocycles. The number of aromatic nitrogens is 2. The maximum atomic E-state index is 6.07. The van der Waals surface area contributed by atoms with E-state index >= 15 is 0 Å². The number of hydrogen-bond acceptors (Lipinski definition) is 4. The molecule has 8 rings (SSSR count). The monoisotopic (exact) mass is 502 g/mol. The van der Waals surface area contributed by atoms with Crippen LogP contribution in [0.4, 0.5) is 0 Å². The number of para-hydroxylation sites is 2. The first kappa shape index (κ1) is 21.8. The molecule has 0 spiro atoms. The highest BCUT2D eigenvalue weighted by molar-refractivity contribution is 6.07. The van der Waals surface area contributed by atoms with Gasteiger partial charge in [-0.25, -0.2) is 9.97 Å². The van der Waals surface area contributed by atoms with Gasteiger partial charge in [-0.05, 0) is 61.5 Å². The quantitative estimate of drug-likeness (QED) is 0.241. The van der Waals surface area contributed by atoms with Crippen LogP contribution in [0.25, 0.3) is 77.8 Å². The molecule has 5 aromatic carbocycles. The van der Waals surface area contributed by atoms with E-state index in [1.807, 2.05) is 48.5 Å². The Morgan fingerprint density at radius 2 is 0.897 bits per heavy atom. The first-order valence-electron chi connectivity index (χ1n) is 13.0. The van der Waals surface area contributed by atoms with Gasteiger partial charge in [0.15, 0.2) is 5.82 Å². The zero-order valence-electron chi connectivity index (χ0n) is 21.2. The lowest BCUT2D eigenvalue weighted by Gasteiger charge is -2.10. The molecule has 3 aromatic heterocycles.